The number of hydrogen-bond acceptors (Lipinski definition) is 3. The van der Waals surface area contributed by atoms with Crippen LogP contribution in [-0.2, 0) is 0 Å². The molecule has 0 amide bonds. The maximum absolute atomic E-state index is 5.98. The van der Waals surface area contributed by atoms with Gasteiger partial charge in [0.2, 0.25) is 0 Å². The average Bonchev–Trinajstić information content (AvgIpc) is 2.60. The highest BCUT2D eigenvalue weighted by Gasteiger charge is 2.00. The highest BCUT2D eigenvalue weighted by atomic mass is 16.5. The fraction of sp³-hybridized carbons (Fsp3) is 0.364. The quantitative estimate of drug-likeness (QED) is 0.489. The van der Waals surface area contributed by atoms with Gasteiger partial charge in [0.05, 0.1) is 6.61 Å². The lowest BCUT2D eigenvalue weighted by Crippen LogP contribution is -2.13. The molecule has 25 heavy (non-hydrogen) atoms. The second kappa shape index (κ2) is 9.90. The summed E-state index contributed by atoms with van der Waals surface area (Å²) in [4.78, 5) is 4.31. The molecule has 0 radical (unpaired) electrons. The van der Waals surface area contributed by atoms with Gasteiger partial charge in [0.15, 0.2) is 0 Å². The van der Waals surface area contributed by atoms with Crippen molar-refractivity contribution in [3.8, 4) is 5.75 Å². The van der Waals surface area contributed by atoms with Crippen LogP contribution in [0.3, 0.4) is 0 Å². The molecule has 0 spiro atoms. The van der Waals surface area contributed by atoms with Crippen molar-refractivity contribution in [3.63, 3.8) is 0 Å². The van der Waals surface area contributed by atoms with E-state index in [9.17, 15) is 0 Å². The fourth-order valence-corrected chi connectivity index (χ4v) is 2.53. The van der Waals surface area contributed by atoms with E-state index in [4.69, 9.17) is 4.74 Å². The maximum atomic E-state index is 5.98. The van der Waals surface area contributed by atoms with Crippen LogP contribution in [0, 0.1) is 0 Å². The predicted octanol–water partition coefficient (Wildman–Crippen LogP) is 4.64. The van der Waals surface area contributed by atoms with Crippen molar-refractivity contribution in [1.29, 1.82) is 0 Å². The van der Waals surface area contributed by atoms with E-state index in [1.165, 1.54) is 11.3 Å². The fourth-order valence-electron chi connectivity index (χ4n) is 2.53. The first-order valence-corrected chi connectivity index (χ1v) is 8.88. The van der Waals surface area contributed by atoms with Gasteiger partial charge in [0.1, 0.15) is 5.75 Å². The van der Waals surface area contributed by atoms with Crippen LogP contribution in [0.15, 0.2) is 48.5 Å². The molecule has 0 aliphatic heterocycles. The Morgan fingerprint density at radius 3 is 2.24 bits per heavy atom. The number of rotatable bonds is 9. The molecule has 0 aliphatic rings. The third kappa shape index (κ3) is 6.63. The molecular formula is C22H30N2O. The maximum Gasteiger partial charge on any atom is 0.126 e. The Balaban J connectivity index is 1.95. The van der Waals surface area contributed by atoms with Gasteiger partial charge in [-0.05, 0) is 57.2 Å². The summed E-state index contributed by atoms with van der Waals surface area (Å²) in [6.07, 6.45) is 6.49. The predicted molar refractivity (Wildman–Crippen MR) is 109 cm³/mol. The molecule has 0 aromatic heterocycles. The summed E-state index contributed by atoms with van der Waals surface area (Å²) in [5, 5.41) is 0. The van der Waals surface area contributed by atoms with Crippen LogP contribution in [0.5, 0.6) is 5.75 Å². The Hall–Kier alpha value is -2.26. The summed E-state index contributed by atoms with van der Waals surface area (Å²) in [7, 11) is 8.31. The van der Waals surface area contributed by atoms with Crippen molar-refractivity contribution >= 4 is 17.8 Å². The lowest BCUT2D eigenvalue weighted by atomic mass is 10.1. The van der Waals surface area contributed by atoms with Crippen molar-refractivity contribution in [2.45, 2.75) is 12.8 Å². The zero-order valence-electron chi connectivity index (χ0n) is 15.9. The van der Waals surface area contributed by atoms with Crippen LogP contribution in [0.25, 0.3) is 12.2 Å². The monoisotopic (exact) mass is 338 g/mol. The van der Waals surface area contributed by atoms with E-state index < -0.39 is 0 Å². The molecule has 3 nitrogen and oxygen atoms in total. The minimum atomic E-state index is 0.760. The first kappa shape index (κ1) is 19.1. The first-order chi connectivity index (χ1) is 12.1. The standard InChI is InChI=1S/C22H30N2O/c1-23(2)17-7-8-18-25-22-10-6-5-9-20(22)14-11-19-12-15-21(16-13-19)24(3)4/h5-6,9-16H,7-8,17-18H2,1-4H3/b14-11+. The van der Waals surface area contributed by atoms with Gasteiger partial charge in [-0.1, -0.05) is 42.5 Å². The molecule has 2 aromatic rings. The van der Waals surface area contributed by atoms with Gasteiger partial charge in [-0.15, -0.1) is 0 Å². The van der Waals surface area contributed by atoms with E-state index in [0.717, 1.165) is 37.3 Å². The first-order valence-electron chi connectivity index (χ1n) is 8.88. The summed E-state index contributed by atoms with van der Waals surface area (Å²) < 4.78 is 5.98. The van der Waals surface area contributed by atoms with Crippen molar-refractivity contribution in [1.82, 2.24) is 4.90 Å². The van der Waals surface area contributed by atoms with Crippen molar-refractivity contribution in [2.24, 2.45) is 0 Å². The number of para-hydroxylation sites is 1. The van der Waals surface area contributed by atoms with E-state index in [0.29, 0.717) is 0 Å². The third-order valence-electron chi connectivity index (χ3n) is 4.04. The Morgan fingerprint density at radius 2 is 1.56 bits per heavy atom. The van der Waals surface area contributed by atoms with Gasteiger partial charge >= 0.3 is 0 Å². The molecule has 0 aliphatic carbocycles. The smallest absolute Gasteiger partial charge is 0.126 e. The third-order valence-corrected chi connectivity index (χ3v) is 4.04. The largest absolute Gasteiger partial charge is 0.493 e. The normalized spacial score (nSPS) is 11.2. The van der Waals surface area contributed by atoms with Gasteiger partial charge in [0, 0.05) is 25.3 Å². The number of hydrogen-bond donors (Lipinski definition) is 0. The SMILES string of the molecule is CN(C)CCCCOc1ccccc1/C=C/c1ccc(N(C)C)cc1. The topological polar surface area (TPSA) is 15.7 Å². The van der Waals surface area contributed by atoms with Gasteiger partial charge in [0.25, 0.3) is 0 Å². The zero-order chi connectivity index (χ0) is 18.1. The van der Waals surface area contributed by atoms with Crippen LogP contribution in [0.1, 0.15) is 24.0 Å². The molecule has 0 atom stereocenters. The molecule has 3 heteroatoms. The minimum Gasteiger partial charge on any atom is -0.493 e. The Kier molecular flexibility index (Phi) is 7.55. The van der Waals surface area contributed by atoms with Crippen molar-refractivity contribution < 1.29 is 4.74 Å². The Labute approximate surface area is 152 Å². The van der Waals surface area contributed by atoms with Crippen molar-refractivity contribution in [2.75, 3.05) is 46.2 Å². The minimum absolute atomic E-state index is 0.760. The van der Waals surface area contributed by atoms with E-state index in [2.05, 4.69) is 80.5 Å². The summed E-state index contributed by atoms with van der Waals surface area (Å²) >= 11 is 0. The van der Waals surface area contributed by atoms with Crippen molar-refractivity contribution in [3.05, 3.63) is 59.7 Å². The van der Waals surface area contributed by atoms with Gasteiger partial charge < -0.3 is 14.5 Å². The molecule has 0 heterocycles. The second-order valence-electron chi connectivity index (χ2n) is 6.72. The van der Waals surface area contributed by atoms with Crippen LogP contribution >= 0.6 is 0 Å². The number of nitrogens with zero attached hydrogens (tertiary/aromatic N) is 2. The number of unbranched alkanes of at least 4 members (excludes halogenated alkanes) is 1. The van der Waals surface area contributed by atoms with E-state index in [-0.39, 0.29) is 0 Å². The molecule has 2 rings (SSSR count). The zero-order valence-corrected chi connectivity index (χ0v) is 15.9. The molecule has 2 aromatic carbocycles. The summed E-state index contributed by atoms with van der Waals surface area (Å²) in [6.45, 7) is 1.87. The molecule has 0 N–H and O–H groups in total. The van der Waals surface area contributed by atoms with E-state index in [1.807, 2.05) is 18.2 Å². The highest BCUT2D eigenvalue weighted by molar-refractivity contribution is 5.73. The van der Waals surface area contributed by atoms with E-state index in [1.54, 1.807) is 0 Å². The van der Waals surface area contributed by atoms with Gasteiger partial charge in [-0.2, -0.15) is 0 Å². The van der Waals surface area contributed by atoms with Gasteiger partial charge in [-0.25, -0.2) is 0 Å². The Bertz CT molecular complexity index is 660. The average molecular weight is 338 g/mol. The summed E-state index contributed by atoms with van der Waals surface area (Å²) in [6, 6.07) is 16.7. The van der Waals surface area contributed by atoms with Crippen LogP contribution in [0.4, 0.5) is 5.69 Å². The lowest BCUT2D eigenvalue weighted by molar-refractivity contribution is 0.292. The molecule has 0 saturated heterocycles. The van der Waals surface area contributed by atoms with Crippen LogP contribution in [-0.4, -0.2) is 46.2 Å². The molecule has 0 fully saturated rings. The molecule has 0 bridgehead atoms. The van der Waals surface area contributed by atoms with Crippen LogP contribution in [0.2, 0.25) is 0 Å². The summed E-state index contributed by atoms with van der Waals surface area (Å²) in [5.74, 6) is 0.952. The highest BCUT2D eigenvalue weighted by Crippen LogP contribution is 2.21. The van der Waals surface area contributed by atoms with E-state index >= 15 is 0 Å². The number of benzene rings is 2. The number of anilines is 1. The van der Waals surface area contributed by atoms with Crippen LogP contribution < -0.4 is 9.64 Å². The Morgan fingerprint density at radius 1 is 0.840 bits per heavy atom. The molecule has 0 unspecified atom stereocenters. The second-order valence-corrected chi connectivity index (χ2v) is 6.72. The lowest BCUT2D eigenvalue weighted by Gasteiger charge is -2.12. The van der Waals surface area contributed by atoms with Gasteiger partial charge in [-0.3, -0.25) is 0 Å². The molecular weight excluding hydrogens is 308 g/mol. The molecule has 0 saturated carbocycles. The number of ether oxygens (including phenoxy) is 1. The summed E-state index contributed by atoms with van der Waals surface area (Å²) in [5.41, 5.74) is 3.51. The molecule has 134 valence electrons.